The summed E-state index contributed by atoms with van der Waals surface area (Å²) in [4.78, 5) is 3.53. The number of aryl methyl sites for hydroxylation is 2. The van der Waals surface area contributed by atoms with Gasteiger partial charge >= 0.3 is 0 Å². The van der Waals surface area contributed by atoms with Crippen molar-refractivity contribution in [1.82, 2.24) is 0 Å². The Kier molecular flexibility index (Phi) is 7.42. The molecule has 0 fully saturated rings. The Bertz CT molecular complexity index is 2780. The molecule has 240 valence electrons. The number of rotatable bonds is 7. The second-order valence-corrected chi connectivity index (χ2v) is 15.2. The van der Waals surface area contributed by atoms with E-state index in [1.165, 1.54) is 90.2 Å². The summed E-state index contributed by atoms with van der Waals surface area (Å²) in [5.41, 5.74) is 12.1. The van der Waals surface area contributed by atoms with Crippen LogP contribution >= 0.6 is 22.7 Å². The number of anilines is 3. The minimum Gasteiger partial charge on any atom is -0.310 e. The predicted molar refractivity (Wildman–Crippen MR) is 223 cm³/mol. The Hall–Kier alpha value is -5.48. The smallest absolute Gasteiger partial charge is 0.0476 e. The van der Waals surface area contributed by atoms with E-state index in [2.05, 4.69) is 159 Å². The van der Waals surface area contributed by atoms with Crippen molar-refractivity contribution in [3.63, 3.8) is 0 Å². The molecule has 0 saturated carbocycles. The van der Waals surface area contributed by atoms with Gasteiger partial charge in [0, 0.05) is 52.0 Å². The Morgan fingerprint density at radius 3 is 2.14 bits per heavy atom. The molecule has 0 aliphatic heterocycles. The molecule has 0 amide bonds. The van der Waals surface area contributed by atoms with E-state index in [1.54, 1.807) is 11.3 Å². The van der Waals surface area contributed by atoms with E-state index in [-0.39, 0.29) is 0 Å². The summed E-state index contributed by atoms with van der Waals surface area (Å²) >= 11 is 3.70. The maximum absolute atomic E-state index is 4.09. The van der Waals surface area contributed by atoms with E-state index < -0.39 is 0 Å². The first-order valence-corrected chi connectivity index (χ1v) is 18.7. The van der Waals surface area contributed by atoms with Crippen molar-refractivity contribution >= 4 is 95.0 Å². The van der Waals surface area contributed by atoms with E-state index >= 15 is 0 Å². The highest BCUT2D eigenvalue weighted by Gasteiger charge is 2.17. The molecule has 0 unspecified atom stereocenters. The van der Waals surface area contributed by atoms with Gasteiger partial charge < -0.3 is 4.90 Å². The van der Waals surface area contributed by atoms with Crippen LogP contribution in [0.5, 0.6) is 0 Å². The molecule has 9 rings (SSSR count). The van der Waals surface area contributed by atoms with Crippen LogP contribution in [0, 0.1) is 13.8 Å². The minimum absolute atomic E-state index is 1.04. The fourth-order valence-electron chi connectivity index (χ4n) is 7.56. The van der Waals surface area contributed by atoms with Crippen LogP contribution in [0.3, 0.4) is 0 Å². The maximum atomic E-state index is 4.09. The average Bonchev–Trinajstić information content (AvgIpc) is 3.85. The highest BCUT2D eigenvalue weighted by Crippen LogP contribution is 2.42. The third-order valence-electron chi connectivity index (χ3n) is 10.1. The van der Waals surface area contributed by atoms with E-state index in [1.807, 2.05) is 23.5 Å². The van der Waals surface area contributed by atoms with Crippen molar-refractivity contribution in [2.75, 3.05) is 4.90 Å². The number of benzene rings is 6. The first kappa shape index (κ1) is 30.6. The third kappa shape index (κ3) is 4.96. The standard InChI is InChI=1S/C47H35NS2/c1-5-37-40-23-19-33-25-30(4)42(28-43(33)47(40)50-44(37)6-2)41-26-32(16-15-29(41)3)31-17-20-35(21-18-31)48(34-11-8-7-9-12-34)36-22-24-39-38-13-10-14-45(38)49-46(39)27-36/h5-9,11-28H,1-2,10H2,3-4H3. The van der Waals surface area contributed by atoms with Crippen LogP contribution < -0.4 is 14.7 Å². The molecule has 8 aromatic rings. The molecule has 6 aromatic carbocycles. The number of hydrogen-bond donors (Lipinski definition) is 0. The molecule has 50 heavy (non-hydrogen) atoms. The van der Waals surface area contributed by atoms with Crippen LogP contribution in [0.2, 0.25) is 0 Å². The maximum Gasteiger partial charge on any atom is 0.0476 e. The normalized spacial score (nSPS) is 12.2. The summed E-state index contributed by atoms with van der Waals surface area (Å²) in [5, 5.41) is 6.53. The van der Waals surface area contributed by atoms with Gasteiger partial charge in [0.1, 0.15) is 0 Å². The number of hydrogen-bond acceptors (Lipinski definition) is 3. The molecule has 1 aliphatic carbocycles. The molecule has 0 spiro atoms. The van der Waals surface area contributed by atoms with Crippen LogP contribution in [0.4, 0.5) is 17.1 Å². The van der Waals surface area contributed by atoms with Crippen LogP contribution in [0.25, 0.3) is 77.5 Å². The van der Waals surface area contributed by atoms with Crippen molar-refractivity contribution in [3.05, 3.63) is 160 Å². The molecule has 0 saturated heterocycles. The fourth-order valence-corrected chi connectivity index (χ4v) is 9.93. The highest BCUT2D eigenvalue weighted by atomic mass is 32.1. The number of nitrogens with zero attached hydrogens (tertiary/aromatic N) is 1. The molecule has 2 heterocycles. The van der Waals surface area contributed by atoms with Crippen LogP contribution in [0.1, 0.15) is 28.0 Å². The molecular formula is C47H35NS2. The number of thiophene rings is 2. The SMILES string of the molecule is C=Cc1sc2c(ccc3cc(C)c(-c4cc(-c5ccc(N(c6ccccc6)c6ccc7c8c(sc7c6)=CCC=8)cc5)ccc4C)cc32)c1C=C. The quantitative estimate of drug-likeness (QED) is 0.162. The van der Waals surface area contributed by atoms with Crippen molar-refractivity contribution in [1.29, 1.82) is 0 Å². The molecular weight excluding hydrogens is 643 g/mol. The lowest BCUT2D eigenvalue weighted by molar-refractivity contribution is 1.29. The van der Waals surface area contributed by atoms with Gasteiger partial charge in [-0.05, 0) is 118 Å². The molecule has 2 aromatic heterocycles. The van der Waals surface area contributed by atoms with Crippen molar-refractivity contribution in [3.8, 4) is 22.3 Å². The summed E-state index contributed by atoms with van der Waals surface area (Å²) in [6, 6.07) is 42.7. The summed E-state index contributed by atoms with van der Waals surface area (Å²) in [5.74, 6) is 0. The van der Waals surface area contributed by atoms with Gasteiger partial charge in [0.15, 0.2) is 0 Å². The van der Waals surface area contributed by atoms with E-state index in [0.717, 1.165) is 17.8 Å². The molecule has 1 nitrogen and oxygen atoms in total. The van der Waals surface area contributed by atoms with E-state index in [9.17, 15) is 0 Å². The summed E-state index contributed by atoms with van der Waals surface area (Å²) in [7, 11) is 0. The van der Waals surface area contributed by atoms with Gasteiger partial charge in [-0.25, -0.2) is 0 Å². The van der Waals surface area contributed by atoms with Crippen molar-refractivity contribution in [2.45, 2.75) is 20.3 Å². The van der Waals surface area contributed by atoms with Gasteiger partial charge in [0.2, 0.25) is 0 Å². The second kappa shape index (κ2) is 12.1. The van der Waals surface area contributed by atoms with Gasteiger partial charge in [0.05, 0.1) is 0 Å². The lowest BCUT2D eigenvalue weighted by Gasteiger charge is -2.25. The zero-order valence-electron chi connectivity index (χ0n) is 28.2. The Morgan fingerprint density at radius 1 is 0.600 bits per heavy atom. The predicted octanol–water partition coefficient (Wildman–Crippen LogP) is 12.9. The minimum atomic E-state index is 1.04. The Balaban J connectivity index is 1.12. The van der Waals surface area contributed by atoms with E-state index in [4.69, 9.17) is 0 Å². The first-order valence-electron chi connectivity index (χ1n) is 17.0. The third-order valence-corrected chi connectivity index (χ3v) is 12.5. The van der Waals surface area contributed by atoms with Crippen LogP contribution in [-0.2, 0) is 0 Å². The molecule has 1 aliphatic rings. The summed E-state index contributed by atoms with van der Waals surface area (Å²) in [6.45, 7) is 12.6. The molecule has 0 bridgehead atoms. The van der Waals surface area contributed by atoms with Gasteiger partial charge in [-0.2, -0.15) is 0 Å². The largest absolute Gasteiger partial charge is 0.310 e. The van der Waals surface area contributed by atoms with Gasteiger partial charge in [-0.1, -0.05) is 104 Å². The van der Waals surface area contributed by atoms with Crippen LogP contribution in [0.15, 0.2) is 128 Å². The Morgan fingerprint density at radius 2 is 1.34 bits per heavy atom. The number of para-hydroxylation sites is 1. The second-order valence-electron chi connectivity index (χ2n) is 13.1. The van der Waals surface area contributed by atoms with Crippen molar-refractivity contribution < 1.29 is 0 Å². The zero-order valence-corrected chi connectivity index (χ0v) is 29.8. The van der Waals surface area contributed by atoms with Crippen LogP contribution in [-0.4, -0.2) is 0 Å². The molecule has 0 N–H and O–H groups in total. The highest BCUT2D eigenvalue weighted by molar-refractivity contribution is 7.21. The first-order chi connectivity index (χ1) is 24.5. The lowest BCUT2D eigenvalue weighted by Crippen LogP contribution is -2.13. The molecule has 0 atom stereocenters. The zero-order chi connectivity index (χ0) is 33.9. The van der Waals surface area contributed by atoms with Gasteiger partial charge in [0.25, 0.3) is 0 Å². The van der Waals surface area contributed by atoms with E-state index in [0.29, 0.717) is 0 Å². The molecule has 0 radical (unpaired) electrons. The average molecular weight is 678 g/mol. The van der Waals surface area contributed by atoms with Gasteiger partial charge in [-0.15, -0.1) is 22.7 Å². The summed E-state index contributed by atoms with van der Waals surface area (Å²) < 4.78 is 4.02. The van der Waals surface area contributed by atoms with Crippen molar-refractivity contribution in [2.24, 2.45) is 0 Å². The lowest BCUT2D eigenvalue weighted by atomic mass is 9.90. The topological polar surface area (TPSA) is 3.24 Å². The van der Waals surface area contributed by atoms with Gasteiger partial charge in [-0.3, -0.25) is 0 Å². The number of fused-ring (bicyclic) bond motifs is 6. The monoisotopic (exact) mass is 677 g/mol. The summed E-state index contributed by atoms with van der Waals surface area (Å²) in [6.07, 6.45) is 9.63. The molecule has 3 heteroatoms. The fraction of sp³-hybridized carbons (Fsp3) is 0.0638. The Labute approximate surface area is 300 Å².